The summed E-state index contributed by atoms with van der Waals surface area (Å²) in [4.78, 5) is 16.4. The van der Waals surface area contributed by atoms with Crippen molar-refractivity contribution in [3.63, 3.8) is 0 Å². The van der Waals surface area contributed by atoms with Crippen molar-refractivity contribution >= 4 is 18.5 Å². The first-order valence-electron chi connectivity index (χ1n) is 6.56. The van der Waals surface area contributed by atoms with Gasteiger partial charge >= 0.3 is 0 Å². The monoisotopic (exact) mass is 258 g/mol. The summed E-state index contributed by atoms with van der Waals surface area (Å²) in [6.07, 6.45) is 4.09. The number of hydrogen-bond acceptors (Lipinski definition) is 3. The number of rotatable bonds is 8. The van der Waals surface area contributed by atoms with E-state index < -0.39 is 0 Å². The Bertz CT molecular complexity index is 252. The largest absolute Gasteiger partial charge is 0.341 e. The lowest BCUT2D eigenvalue weighted by Crippen LogP contribution is -2.38. The molecular formula is C13H26N2OS. The van der Waals surface area contributed by atoms with Gasteiger partial charge in [0, 0.05) is 26.1 Å². The van der Waals surface area contributed by atoms with Crippen molar-refractivity contribution in [1.82, 2.24) is 9.80 Å². The van der Waals surface area contributed by atoms with Crippen LogP contribution in [0.3, 0.4) is 0 Å². The van der Waals surface area contributed by atoms with Crippen LogP contribution in [0, 0.1) is 5.41 Å². The van der Waals surface area contributed by atoms with Gasteiger partial charge in [-0.05, 0) is 44.5 Å². The van der Waals surface area contributed by atoms with Crippen molar-refractivity contribution < 1.29 is 4.79 Å². The summed E-state index contributed by atoms with van der Waals surface area (Å²) < 4.78 is 0. The molecule has 4 heteroatoms. The standard InChI is InChI=1S/C13H26N2OS/c1-4-7-15(9-8-14(2)3)12(16)10-13(11-17)5-6-13/h17H,4-11H2,1-3H3. The molecule has 1 aliphatic carbocycles. The maximum atomic E-state index is 12.2. The second-order valence-electron chi connectivity index (χ2n) is 5.52. The quantitative estimate of drug-likeness (QED) is 0.672. The highest BCUT2D eigenvalue weighted by Gasteiger charge is 2.43. The molecule has 17 heavy (non-hydrogen) atoms. The van der Waals surface area contributed by atoms with Crippen LogP contribution >= 0.6 is 12.6 Å². The minimum atomic E-state index is 0.240. The summed E-state index contributed by atoms with van der Waals surface area (Å²) in [5, 5.41) is 0. The summed E-state index contributed by atoms with van der Waals surface area (Å²) in [6, 6.07) is 0. The van der Waals surface area contributed by atoms with Crippen molar-refractivity contribution in [1.29, 1.82) is 0 Å². The van der Waals surface area contributed by atoms with Gasteiger partial charge in [-0.2, -0.15) is 12.6 Å². The van der Waals surface area contributed by atoms with Crippen LogP contribution in [-0.2, 0) is 4.79 Å². The molecule has 0 heterocycles. The highest BCUT2D eigenvalue weighted by molar-refractivity contribution is 7.80. The van der Waals surface area contributed by atoms with E-state index in [1.807, 2.05) is 19.0 Å². The highest BCUT2D eigenvalue weighted by Crippen LogP contribution is 2.49. The van der Waals surface area contributed by atoms with Crippen LogP contribution in [0.2, 0.25) is 0 Å². The lowest BCUT2D eigenvalue weighted by Gasteiger charge is -2.25. The van der Waals surface area contributed by atoms with E-state index in [4.69, 9.17) is 0 Å². The fourth-order valence-electron chi connectivity index (χ4n) is 1.95. The van der Waals surface area contributed by atoms with Gasteiger partial charge in [-0.25, -0.2) is 0 Å². The Hall–Kier alpha value is -0.220. The Kier molecular flexibility index (Phi) is 5.80. The molecule has 0 atom stereocenters. The minimum absolute atomic E-state index is 0.240. The first-order valence-corrected chi connectivity index (χ1v) is 7.19. The molecule has 1 rings (SSSR count). The van der Waals surface area contributed by atoms with Crippen LogP contribution in [0.4, 0.5) is 0 Å². The van der Waals surface area contributed by atoms with Gasteiger partial charge in [0.05, 0.1) is 0 Å². The zero-order valence-electron chi connectivity index (χ0n) is 11.4. The van der Waals surface area contributed by atoms with Crippen LogP contribution in [0.25, 0.3) is 0 Å². The van der Waals surface area contributed by atoms with E-state index in [1.165, 1.54) is 12.8 Å². The second kappa shape index (κ2) is 6.64. The topological polar surface area (TPSA) is 23.6 Å². The maximum absolute atomic E-state index is 12.2. The number of amides is 1. The van der Waals surface area contributed by atoms with E-state index in [2.05, 4.69) is 24.5 Å². The second-order valence-corrected chi connectivity index (χ2v) is 5.84. The molecule has 0 radical (unpaired) electrons. The summed E-state index contributed by atoms with van der Waals surface area (Å²) in [5.74, 6) is 1.17. The molecule has 1 aliphatic rings. The van der Waals surface area contributed by atoms with E-state index >= 15 is 0 Å². The van der Waals surface area contributed by atoms with E-state index in [9.17, 15) is 4.79 Å². The molecule has 0 aliphatic heterocycles. The number of thiol groups is 1. The van der Waals surface area contributed by atoms with Gasteiger partial charge in [0.25, 0.3) is 0 Å². The van der Waals surface area contributed by atoms with Crippen molar-refractivity contribution in [3.8, 4) is 0 Å². The fraction of sp³-hybridized carbons (Fsp3) is 0.923. The molecule has 0 unspecified atom stereocenters. The van der Waals surface area contributed by atoms with Crippen molar-refractivity contribution in [2.75, 3.05) is 39.5 Å². The molecule has 1 saturated carbocycles. The SMILES string of the molecule is CCCN(CCN(C)C)C(=O)CC1(CS)CC1. The molecule has 0 aromatic carbocycles. The molecule has 0 aromatic rings. The lowest BCUT2D eigenvalue weighted by atomic mass is 10.0. The minimum Gasteiger partial charge on any atom is -0.341 e. The Morgan fingerprint density at radius 1 is 1.24 bits per heavy atom. The van der Waals surface area contributed by atoms with Gasteiger partial charge in [0.2, 0.25) is 5.91 Å². The number of nitrogens with zero attached hydrogens (tertiary/aromatic N) is 2. The number of likely N-dealkylation sites (N-methyl/N-ethyl adjacent to an activating group) is 1. The molecule has 0 saturated heterocycles. The molecule has 0 spiro atoms. The van der Waals surface area contributed by atoms with E-state index in [0.29, 0.717) is 12.3 Å². The van der Waals surface area contributed by atoms with Gasteiger partial charge < -0.3 is 9.80 Å². The summed E-state index contributed by atoms with van der Waals surface area (Å²) in [5.41, 5.74) is 0.240. The molecule has 0 N–H and O–H groups in total. The van der Waals surface area contributed by atoms with E-state index in [0.717, 1.165) is 31.8 Å². The molecule has 3 nitrogen and oxygen atoms in total. The normalized spacial score (nSPS) is 17.2. The molecular weight excluding hydrogens is 232 g/mol. The van der Waals surface area contributed by atoms with Gasteiger partial charge in [-0.1, -0.05) is 6.92 Å². The first-order chi connectivity index (χ1) is 8.03. The first kappa shape index (κ1) is 14.8. The summed E-state index contributed by atoms with van der Waals surface area (Å²) >= 11 is 4.36. The van der Waals surface area contributed by atoms with Crippen molar-refractivity contribution in [2.24, 2.45) is 5.41 Å². The highest BCUT2D eigenvalue weighted by atomic mass is 32.1. The third-order valence-corrected chi connectivity index (χ3v) is 4.15. The predicted molar refractivity (Wildman–Crippen MR) is 75.6 cm³/mol. The summed E-state index contributed by atoms with van der Waals surface area (Å²) in [6.45, 7) is 4.80. The number of carbonyl (C=O) groups is 1. The maximum Gasteiger partial charge on any atom is 0.223 e. The van der Waals surface area contributed by atoms with Gasteiger partial charge in [0.1, 0.15) is 0 Å². The lowest BCUT2D eigenvalue weighted by molar-refractivity contribution is -0.132. The van der Waals surface area contributed by atoms with Crippen LogP contribution in [0.15, 0.2) is 0 Å². The zero-order valence-corrected chi connectivity index (χ0v) is 12.3. The molecule has 1 fully saturated rings. The van der Waals surface area contributed by atoms with Crippen LogP contribution in [0.1, 0.15) is 32.6 Å². The van der Waals surface area contributed by atoms with Gasteiger partial charge in [-0.15, -0.1) is 0 Å². The molecule has 0 bridgehead atoms. The zero-order chi connectivity index (χ0) is 12.9. The number of hydrogen-bond donors (Lipinski definition) is 1. The number of carbonyl (C=O) groups excluding carboxylic acids is 1. The molecule has 0 aromatic heterocycles. The molecule has 100 valence electrons. The Balaban J connectivity index is 2.42. The Morgan fingerprint density at radius 3 is 2.29 bits per heavy atom. The van der Waals surface area contributed by atoms with Gasteiger partial charge in [-0.3, -0.25) is 4.79 Å². The van der Waals surface area contributed by atoms with Crippen LogP contribution in [0.5, 0.6) is 0 Å². The third-order valence-electron chi connectivity index (χ3n) is 3.48. The van der Waals surface area contributed by atoms with Gasteiger partial charge in [0.15, 0.2) is 0 Å². The van der Waals surface area contributed by atoms with Crippen molar-refractivity contribution in [3.05, 3.63) is 0 Å². The van der Waals surface area contributed by atoms with Crippen molar-refractivity contribution in [2.45, 2.75) is 32.6 Å². The predicted octanol–water partition coefficient (Wildman–Crippen LogP) is 1.89. The van der Waals surface area contributed by atoms with Crippen LogP contribution in [-0.4, -0.2) is 55.2 Å². The summed E-state index contributed by atoms with van der Waals surface area (Å²) in [7, 11) is 4.09. The average Bonchev–Trinajstić information content (AvgIpc) is 3.04. The van der Waals surface area contributed by atoms with Crippen LogP contribution < -0.4 is 0 Å². The smallest absolute Gasteiger partial charge is 0.223 e. The Morgan fingerprint density at radius 2 is 1.88 bits per heavy atom. The third kappa shape index (κ3) is 4.88. The van der Waals surface area contributed by atoms with E-state index in [1.54, 1.807) is 0 Å². The van der Waals surface area contributed by atoms with E-state index in [-0.39, 0.29) is 5.41 Å². The Labute approximate surface area is 111 Å². The molecule has 1 amide bonds. The fourth-order valence-corrected chi connectivity index (χ4v) is 2.38. The average molecular weight is 258 g/mol.